The minimum atomic E-state index is -1.39. The van der Waals surface area contributed by atoms with Gasteiger partial charge in [0.2, 0.25) is 5.91 Å². The normalized spacial score (nSPS) is 30.3. The van der Waals surface area contributed by atoms with Crippen molar-refractivity contribution in [2.24, 2.45) is 0 Å². The molecule has 2 unspecified atom stereocenters. The molecule has 0 bridgehead atoms. The van der Waals surface area contributed by atoms with Gasteiger partial charge in [-0.2, -0.15) is 0 Å². The summed E-state index contributed by atoms with van der Waals surface area (Å²) in [4.78, 5) is 22.9. The fourth-order valence-electron chi connectivity index (χ4n) is 1.65. The van der Waals surface area contributed by atoms with E-state index in [0.717, 1.165) is 4.90 Å². The minimum Gasteiger partial charge on any atom is -0.547 e. The van der Waals surface area contributed by atoms with Crippen molar-refractivity contribution in [3.8, 4) is 0 Å². The molecule has 2 heterocycles. The number of β-lactam (4-membered cyclic amide) rings is 1. The van der Waals surface area contributed by atoms with Gasteiger partial charge >= 0.3 is 29.6 Å². The number of fused-ring (bicyclic) bond motifs is 1. The molecule has 2 fully saturated rings. The van der Waals surface area contributed by atoms with E-state index < -0.39 is 18.2 Å². The van der Waals surface area contributed by atoms with Crippen LogP contribution >= 0.6 is 0 Å². The molecule has 0 aromatic heterocycles. The molecule has 76 valence electrons. The van der Waals surface area contributed by atoms with Gasteiger partial charge in [0.1, 0.15) is 11.8 Å². The van der Waals surface area contributed by atoms with Gasteiger partial charge in [-0.3, -0.25) is 9.69 Å². The van der Waals surface area contributed by atoms with Crippen molar-refractivity contribution in [3.05, 3.63) is 11.8 Å². The van der Waals surface area contributed by atoms with Crippen LogP contribution in [0, 0.1) is 0 Å². The first-order valence-electron chi connectivity index (χ1n) is 4.14. The van der Waals surface area contributed by atoms with E-state index in [-0.39, 0.29) is 54.3 Å². The van der Waals surface area contributed by atoms with Crippen LogP contribution in [0.5, 0.6) is 0 Å². The summed E-state index contributed by atoms with van der Waals surface area (Å²) >= 11 is 0. The Hall–Kier alpha value is -0.560. The zero-order valence-corrected chi connectivity index (χ0v) is 10.2. The second-order valence-corrected chi connectivity index (χ2v) is 3.09. The summed E-state index contributed by atoms with van der Waals surface area (Å²) in [5.41, 5.74) is 0. The first-order valence-corrected chi connectivity index (χ1v) is 4.14. The van der Waals surface area contributed by atoms with Crippen LogP contribution in [-0.2, 0) is 14.3 Å². The average molecular weight is 221 g/mol. The van der Waals surface area contributed by atoms with Crippen LogP contribution < -0.4 is 34.7 Å². The molecule has 2 saturated heterocycles. The number of carbonyl (C=O) groups excluding carboxylic acids is 2. The quantitative estimate of drug-likeness (QED) is 0.371. The Morgan fingerprint density at radius 2 is 2.40 bits per heavy atom. The molecule has 0 aliphatic carbocycles. The molecule has 15 heavy (non-hydrogen) atoms. The maximum absolute atomic E-state index is 11.0. The van der Waals surface area contributed by atoms with Crippen LogP contribution in [0.25, 0.3) is 0 Å². The maximum Gasteiger partial charge on any atom is 1.00 e. The summed E-state index contributed by atoms with van der Waals surface area (Å²) < 4.78 is 5.13. The molecular weight excluding hydrogens is 213 g/mol. The number of aliphatic carboxylic acids is 1. The van der Waals surface area contributed by atoms with Crippen molar-refractivity contribution in [3.63, 3.8) is 0 Å². The number of carboxylic acid groups (broad SMARTS) is 1. The van der Waals surface area contributed by atoms with Crippen molar-refractivity contribution in [2.45, 2.75) is 18.7 Å². The first-order chi connectivity index (χ1) is 6.65. The SMILES string of the molecule is O=C([O-])C1/C(=C/CO)OC2CC(=O)N21.[Na+]. The van der Waals surface area contributed by atoms with Crippen LogP contribution in [0.4, 0.5) is 0 Å². The molecule has 0 saturated carbocycles. The number of rotatable bonds is 2. The molecular formula is C8H8NNaO5. The largest absolute Gasteiger partial charge is 1.00 e. The van der Waals surface area contributed by atoms with Gasteiger partial charge in [-0.05, 0) is 6.08 Å². The molecule has 2 rings (SSSR count). The Balaban J connectivity index is 0.00000112. The summed E-state index contributed by atoms with van der Waals surface area (Å²) in [5, 5.41) is 19.3. The Morgan fingerprint density at radius 3 is 2.87 bits per heavy atom. The number of carboxylic acids is 1. The average Bonchev–Trinajstić information content (AvgIpc) is 2.39. The topological polar surface area (TPSA) is 89.9 Å². The van der Waals surface area contributed by atoms with E-state index in [4.69, 9.17) is 9.84 Å². The van der Waals surface area contributed by atoms with Crippen molar-refractivity contribution in [1.82, 2.24) is 4.90 Å². The number of ether oxygens (including phenoxy) is 1. The molecule has 2 aliphatic heterocycles. The summed E-state index contributed by atoms with van der Waals surface area (Å²) in [7, 11) is 0. The van der Waals surface area contributed by atoms with Gasteiger partial charge < -0.3 is 19.7 Å². The molecule has 2 atom stereocenters. The predicted octanol–water partition coefficient (Wildman–Crippen LogP) is -5.43. The van der Waals surface area contributed by atoms with Crippen LogP contribution in [0.1, 0.15) is 6.42 Å². The zero-order chi connectivity index (χ0) is 10.3. The molecule has 0 spiro atoms. The molecule has 6 nitrogen and oxygen atoms in total. The van der Waals surface area contributed by atoms with Crippen LogP contribution in [0.2, 0.25) is 0 Å². The third-order valence-corrected chi connectivity index (χ3v) is 2.28. The van der Waals surface area contributed by atoms with E-state index in [9.17, 15) is 14.7 Å². The summed E-state index contributed by atoms with van der Waals surface area (Å²) in [5.74, 6) is -1.57. The Morgan fingerprint density at radius 1 is 1.73 bits per heavy atom. The number of hydrogen-bond acceptors (Lipinski definition) is 5. The van der Waals surface area contributed by atoms with Crippen LogP contribution in [0.15, 0.2) is 11.8 Å². The van der Waals surface area contributed by atoms with E-state index >= 15 is 0 Å². The fraction of sp³-hybridized carbons (Fsp3) is 0.500. The van der Waals surface area contributed by atoms with E-state index in [1.807, 2.05) is 0 Å². The molecule has 1 amide bonds. The van der Waals surface area contributed by atoms with Gasteiger partial charge in [0.05, 0.1) is 19.0 Å². The van der Waals surface area contributed by atoms with Gasteiger partial charge in [-0.25, -0.2) is 0 Å². The Kier molecular flexibility index (Phi) is 3.77. The number of nitrogens with zero attached hydrogens (tertiary/aromatic N) is 1. The maximum atomic E-state index is 11.0. The first kappa shape index (κ1) is 12.5. The second kappa shape index (κ2) is 4.52. The zero-order valence-electron chi connectivity index (χ0n) is 8.17. The minimum absolute atomic E-state index is 0. The Bertz CT molecular complexity index is 329. The third kappa shape index (κ3) is 1.90. The van der Waals surface area contributed by atoms with Gasteiger partial charge in [0.15, 0.2) is 6.23 Å². The van der Waals surface area contributed by atoms with Crippen LogP contribution in [0.3, 0.4) is 0 Å². The number of amides is 1. The van der Waals surface area contributed by atoms with E-state index in [0.29, 0.717) is 0 Å². The molecule has 7 heteroatoms. The molecule has 0 aromatic rings. The van der Waals surface area contributed by atoms with Gasteiger partial charge in [0.25, 0.3) is 0 Å². The summed E-state index contributed by atoms with van der Waals surface area (Å²) in [6.07, 6.45) is 0.918. The molecule has 0 aromatic carbocycles. The number of carbonyl (C=O) groups is 2. The molecule has 1 N–H and O–H groups in total. The molecule has 0 radical (unpaired) electrons. The van der Waals surface area contributed by atoms with Gasteiger partial charge in [0, 0.05) is 0 Å². The van der Waals surface area contributed by atoms with Crippen molar-refractivity contribution >= 4 is 11.9 Å². The third-order valence-electron chi connectivity index (χ3n) is 2.28. The van der Waals surface area contributed by atoms with E-state index in [1.165, 1.54) is 6.08 Å². The second-order valence-electron chi connectivity index (χ2n) is 3.09. The standard InChI is InChI=1S/C8H9NO5.Na/c10-2-1-4-7(8(12)13)9-5(11)3-6(9)14-4;/h1,6-7,10H,2-3H2,(H,12,13);/q;+1/p-1/b4-1-;. The Labute approximate surface area is 108 Å². The van der Waals surface area contributed by atoms with Crippen molar-refractivity contribution in [1.29, 1.82) is 0 Å². The predicted molar refractivity (Wildman–Crippen MR) is 40.3 cm³/mol. The smallest absolute Gasteiger partial charge is 0.547 e. The van der Waals surface area contributed by atoms with E-state index in [1.54, 1.807) is 0 Å². The van der Waals surface area contributed by atoms with Crippen LogP contribution in [-0.4, -0.2) is 40.8 Å². The van der Waals surface area contributed by atoms with Crippen molar-refractivity contribution < 1.29 is 54.1 Å². The summed E-state index contributed by atoms with van der Waals surface area (Å²) in [6.45, 7) is -0.326. The number of aliphatic hydroxyl groups is 1. The van der Waals surface area contributed by atoms with Gasteiger partial charge in [-0.15, -0.1) is 0 Å². The van der Waals surface area contributed by atoms with Gasteiger partial charge in [-0.1, -0.05) is 0 Å². The van der Waals surface area contributed by atoms with Crippen molar-refractivity contribution in [2.75, 3.05) is 6.61 Å². The number of hydrogen-bond donors (Lipinski definition) is 1. The molecule has 2 aliphatic rings. The monoisotopic (exact) mass is 221 g/mol. The van der Waals surface area contributed by atoms with E-state index in [2.05, 4.69) is 0 Å². The summed E-state index contributed by atoms with van der Waals surface area (Å²) in [6, 6.07) is -1.17. The number of aliphatic hydroxyl groups excluding tert-OH is 1. The fourth-order valence-corrected chi connectivity index (χ4v) is 1.65.